The van der Waals surface area contributed by atoms with Gasteiger partial charge in [-0.1, -0.05) is 0 Å². The zero-order valence-electron chi connectivity index (χ0n) is 9.22. The van der Waals surface area contributed by atoms with Crippen molar-refractivity contribution in [3.05, 3.63) is 9.91 Å². The van der Waals surface area contributed by atoms with Crippen LogP contribution in [0.3, 0.4) is 0 Å². The molecule has 15 heavy (non-hydrogen) atoms. The van der Waals surface area contributed by atoms with Crippen LogP contribution >= 0.6 is 0 Å². The molecule has 0 N–H and O–H groups in total. The van der Waals surface area contributed by atoms with Crippen LogP contribution in [0.2, 0.25) is 0 Å². The van der Waals surface area contributed by atoms with Crippen molar-refractivity contribution < 1.29 is 4.74 Å². The number of hydrogen-bond donors (Lipinski definition) is 0. The monoisotopic (exact) mass is 310 g/mol. The molecule has 0 bridgehead atoms. The van der Waals surface area contributed by atoms with E-state index in [0.29, 0.717) is 0 Å². The molecule has 0 amide bonds. The van der Waals surface area contributed by atoms with Gasteiger partial charge < -0.3 is 0 Å². The van der Waals surface area contributed by atoms with Crippen molar-refractivity contribution in [3.8, 4) is 0 Å². The summed E-state index contributed by atoms with van der Waals surface area (Å²) >= 11 is -0.659. The van der Waals surface area contributed by atoms with E-state index in [1.165, 1.54) is 5.84 Å². The Kier molecular flexibility index (Phi) is 4.53. The zero-order chi connectivity index (χ0) is 10.5. The second-order valence-corrected chi connectivity index (χ2v) is 6.56. The van der Waals surface area contributed by atoms with Crippen molar-refractivity contribution in [1.82, 2.24) is 9.80 Å². The van der Waals surface area contributed by atoms with E-state index in [2.05, 4.69) is 29.7 Å². The van der Waals surface area contributed by atoms with Crippen molar-refractivity contribution >= 4 is 29.0 Å². The molecule has 2 aliphatic rings. The third-order valence-electron chi connectivity index (χ3n) is 2.78. The van der Waals surface area contributed by atoms with Crippen LogP contribution in [0.1, 0.15) is 0 Å². The van der Waals surface area contributed by atoms with Gasteiger partial charge >= 0.3 is 103 Å². The first kappa shape index (κ1) is 11.5. The van der Waals surface area contributed by atoms with Crippen molar-refractivity contribution in [3.63, 3.8) is 0 Å². The van der Waals surface area contributed by atoms with Crippen LogP contribution in [0.4, 0.5) is 0 Å². The molecule has 2 aliphatic heterocycles. The van der Waals surface area contributed by atoms with Crippen LogP contribution in [-0.4, -0.2) is 85.3 Å². The molecule has 0 aromatic rings. The van der Waals surface area contributed by atoms with Crippen LogP contribution in [-0.2, 0) is 4.74 Å². The van der Waals surface area contributed by atoms with E-state index in [1.807, 2.05) is 0 Å². The van der Waals surface area contributed by atoms with Crippen molar-refractivity contribution in [2.45, 2.75) is 0 Å². The van der Waals surface area contributed by atoms with Crippen LogP contribution in [0.5, 0.6) is 0 Å². The summed E-state index contributed by atoms with van der Waals surface area (Å²) in [6.45, 7) is 6.13. The summed E-state index contributed by atoms with van der Waals surface area (Å²) in [6.07, 6.45) is 2.18. The maximum atomic E-state index is 5.32. The molecular formula is C10H17InN3O. The Balaban J connectivity index is 1.70. The summed E-state index contributed by atoms with van der Waals surface area (Å²) in [4.78, 5) is 4.73. The predicted octanol–water partition coefficient (Wildman–Crippen LogP) is -0.205. The molecule has 81 valence electrons. The molecule has 0 aliphatic carbocycles. The van der Waals surface area contributed by atoms with Gasteiger partial charge in [0.25, 0.3) is 0 Å². The van der Waals surface area contributed by atoms with E-state index in [4.69, 9.17) is 4.74 Å². The summed E-state index contributed by atoms with van der Waals surface area (Å²) in [5, 5.41) is 0. The summed E-state index contributed by atoms with van der Waals surface area (Å²) in [6, 6.07) is 0. The van der Waals surface area contributed by atoms with Gasteiger partial charge in [0.2, 0.25) is 0 Å². The van der Waals surface area contributed by atoms with Gasteiger partial charge in [0.15, 0.2) is 0 Å². The SMILES string of the molecule is CN(CCN1CCOCC1)C1=[N][In][CH]=C1. The summed E-state index contributed by atoms with van der Waals surface area (Å²) in [5.41, 5.74) is 0. The standard InChI is InChI=1S/C10H17N3O.In/c1-3-10(11)12(2)4-5-13-6-8-14-9-7-13;/h1,3H,4-9H2,2H3;/q-1;+1. The van der Waals surface area contributed by atoms with Crippen LogP contribution in [0, 0.1) is 0 Å². The van der Waals surface area contributed by atoms with E-state index < -0.39 is 23.2 Å². The van der Waals surface area contributed by atoms with Gasteiger partial charge in [-0.15, -0.1) is 0 Å². The number of likely N-dealkylation sites (N-methyl/N-ethyl adjacent to an activating group) is 1. The van der Waals surface area contributed by atoms with E-state index in [9.17, 15) is 0 Å². The van der Waals surface area contributed by atoms with Gasteiger partial charge in [0.05, 0.1) is 0 Å². The van der Waals surface area contributed by atoms with E-state index in [0.717, 1.165) is 39.4 Å². The van der Waals surface area contributed by atoms with E-state index in [-0.39, 0.29) is 0 Å². The van der Waals surface area contributed by atoms with Gasteiger partial charge in [-0.2, -0.15) is 0 Å². The summed E-state index contributed by atoms with van der Waals surface area (Å²) in [7, 11) is 2.14. The normalized spacial score (nSPS) is 21.3. The molecule has 4 nitrogen and oxygen atoms in total. The zero-order valence-corrected chi connectivity index (χ0v) is 12.5. The van der Waals surface area contributed by atoms with Crippen molar-refractivity contribution in [2.24, 2.45) is 2.98 Å². The number of nitrogens with zero attached hydrogens (tertiary/aromatic N) is 3. The first-order valence-corrected chi connectivity index (χ1v) is 8.83. The maximum absolute atomic E-state index is 5.32. The Labute approximate surface area is 103 Å². The Morgan fingerprint density at radius 1 is 1.53 bits per heavy atom. The molecule has 1 saturated heterocycles. The summed E-state index contributed by atoms with van der Waals surface area (Å²) < 4.78 is 12.2. The molecule has 2 rings (SSSR count). The molecule has 0 saturated carbocycles. The van der Waals surface area contributed by atoms with Crippen LogP contribution in [0.25, 0.3) is 0 Å². The average Bonchev–Trinajstić information content (AvgIpc) is 2.81. The third-order valence-corrected chi connectivity index (χ3v) is 5.01. The number of hydrogen-bond acceptors (Lipinski definition) is 4. The second-order valence-electron chi connectivity index (χ2n) is 3.87. The Hall–Kier alpha value is 0.000130. The van der Waals surface area contributed by atoms with Crippen molar-refractivity contribution in [2.75, 3.05) is 46.4 Å². The Morgan fingerprint density at radius 2 is 2.33 bits per heavy atom. The third kappa shape index (κ3) is 3.50. The molecule has 2 heterocycles. The Morgan fingerprint density at radius 3 is 3.00 bits per heavy atom. The molecule has 0 unspecified atom stereocenters. The minimum absolute atomic E-state index is 0.659. The van der Waals surface area contributed by atoms with Gasteiger partial charge in [0, 0.05) is 0 Å². The van der Waals surface area contributed by atoms with Gasteiger partial charge in [-0.3, -0.25) is 0 Å². The molecule has 1 fully saturated rings. The molecular weight excluding hydrogens is 293 g/mol. The van der Waals surface area contributed by atoms with E-state index in [1.54, 1.807) is 0 Å². The molecule has 0 aromatic carbocycles. The predicted molar refractivity (Wildman–Crippen MR) is 62.2 cm³/mol. The van der Waals surface area contributed by atoms with Gasteiger partial charge in [-0.05, 0) is 0 Å². The number of rotatable bonds is 3. The van der Waals surface area contributed by atoms with Crippen molar-refractivity contribution in [1.29, 1.82) is 0 Å². The number of amidine groups is 1. The second kappa shape index (κ2) is 5.92. The van der Waals surface area contributed by atoms with Gasteiger partial charge in [0.1, 0.15) is 0 Å². The molecule has 0 spiro atoms. The first-order chi connectivity index (χ1) is 7.36. The summed E-state index contributed by atoms with van der Waals surface area (Å²) in [5.74, 6) is 1.20. The number of ether oxygens (including phenoxy) is 1. The minimum atomic E-state index is -0.659. The fourth-order valence-corrected chi connectivity index (χ4v) is 3.97. The van der Waals surface area contributed by atoms with Crippen LogP contribution < -0.4 is 0 Å². The van der Waals surface area contributed by atoms with E-state index >= 15 is 0 Å². The molecule has 0 aromatic heterocycles. The quantitative estimate of drug-likeness (QED) is 0.722. The molecule has 1 radical (unpaired) electrons. The first-order valence-electron chi connectivity index (χ1n) is 5.45. The van der Waals surface area contributed by atoms with Crippen LogP contribution in [0.15, 0.2) is 12.9 Å². The molecule has 5 heteroatoms. The fraction of sp³-hybridized carbons (Fsp3) is 0.700. The molecule has 0 atom stereocenters. The topological polar surface area (TPSA) is 28.1 Å². The fourth-order valence-electron chi connectivity index (χ4n) is 1.75. The Bertz CT molecular complexity index is 261. The average molecular weight is 310 g/mol. The van der Waals surface area contributed by atoms with Gasteiger partial charge in [-0.25, -0.2) is 0 Å². The number of morpholine rings is 1.